The predicted molar refractivity (Wildman–Crippen MR) is 72.3 cm³/mol. The normalized spacial score (nSPS) is 11.9. The molecule has 0 bridgehead atoms. The molecule has 1 rings (SSSR count). The molecule has 0 saturated heterocycles. The Balaban J connectivity index is 2.79. The van der Waals surface area contributed by atoms with Crippen LogP contribution in [0.4, 0.5) is 0 Å². The lowest BCUT2D eigenvalue weighted by Gasteiger charge is -2.22. The highest BCUT2D eigenvalue weighted by atomic mass is 32.2. The Kier molecular flexibility index (Phi) is 4.11. The monoisotopic (exact) mass is 272 g/mol. The van der Waals surface area contributed by atoms with Gasteiger partial charge in [-0.3, -0.25) is 4.72 Å². The number of hydrogen-bond acceptors (Lipinski definition) is 3. The maximum Gasteiger partial charge on any atom is 0.263 e. The Hall–Kier alpha value is -1.14. The highest BCUT2D eigenvalue weighted by Gasteiger charge is 2.18. The molecule has 17 heavy (non-hydrogen) atoms. The Morgan fingerprint density at radius 2 is 1.71 bits per heavy atom. The number of thiocarbonyl (C=S) groups is 1. The molecule has 0 aliphatic rings. The van der Waals surface area contributed by atoms with Gasteiger partial charge in [-0.1, -0.05) is 18.2 Å². The van der Waals surface area contributed by atoms with E-state index in [-0.39, 0.29) is 15.5 Å². The summed E-state index contributed by atoms with van der Waals surface area (Å²) in [6.07, 6.45) is 0. The number of rotatable bonds is 2. The fourth-order valence-electron chi connectivity index (χ4n) is 1.15. The molecule has 0 atom stereocenters. The molecule has 0 heterocycles. The zero-order valence-corrected chi connectivity index (χ0v) is 11.7. The van der Waals surface area contributed by atoms with Crippen LogP contribution in [0.5, 0.6) is 0 Å². The molecule has 2 N–H and O–H groups in total. The lowest BCUT2D eigenvalue weighted by molar-refractivity contribution is 0.510. The van der Waals surface area contributed by atoms with Gasteiger partial charge in [0.1, 0.15) is 0 Å². The summed E-state index contributed by atoms with van der Waals surface area (Å²) in [7, 11) is -3.59. The van der Waals surface area contributed by atoms with Crippen molar-refractivity contribution in [2.24, 2.45) is 0 Å². The molecule has 0 radical (unpaired) electrons. The van der Waals surface area contributed by atoms with E-state index >= 15 is 0 Å². The number of nitrogens with one attached hydrogen (secondary N) is 2. The topological polar surface area (TPSA) is 58.2 Å². The highest BCUT2D eigenvalue weighted by Crippen LogP contribution is 2.07. The van der Waals surface area contributed by atoms with Crippen LogP contribution in [0.1, 0.15) is 20.8 Å². The lowest BCUT2D eigenvalue weighted by atomic mass is 10.1. The molecule has 0 aliphatic carbocycles. The third kappa shape index (κ3) is 4.70. The van der Waals surface area contributed by atoms with Gasteiger partial charge in [0.2, 0.25) is 0 Å². The van der Waals surface area contributed by atoms with Crippen molar-refractivity contribution < 1.29 is 8.42 Å². The van der Waals surface area contributed by atoms with Gasteiger partial charge < -0.3 is 5.32 Å². The van der Waals surface area contributed by atoms with E-state index in [0.717, 1.165) is 0 Å². The van der Waals surface area contributed by atoms with E-state index in [2.05, 4.69) is 10.0 Å². The average Bonchev–Trinajstić information content (AvgIpc) is 2.15. The van der Waals surface area contributed by atoms with Crippen LogP contribution in [0, 0.1) is 0 Å². The maximum atomic E-state index is 11.9. The number of benzene rings is 1. The van der Waals surface area contributed by atoms with Crippen LogP contribution in [-0.2, 0) is 10.0 Å². The number of hydrogen-bond donors (Lipinski definition) is 2. The molecule has 0 amide bonds. The second-order valence-corrected chi connectivity index (χ2v) is 6.71. The van der Waals surface area contributed by atoms with Gasteiger partial charge in [0.05, 0.1) is 4.90 Å². The van der Waals surface area contributed by atoms with Crippen molar-refractivity contribution in [3.63, 3.8) is 0 Å². The Bertz CT molecular complexity index is 490. The molecule has 94 valence electrons. The number of sulfonamides is 1. The first kappa shape index (κ1) is 13.9. The molecule has 4 nitrogen and oxygen atoms in total. The molecule has 6 heteroatoms. The Labute approximate surface area is 107 Å². The van der Waals surface area contributed by atoms with Gasteiger partial charge >= 0.3 is 0 Å². The maximum absolute atomic E-state index is 11.9. The molecular weight excluding hydrogens is 256 g/mol. The second kappa shape index (κ2) is 5.01. The van der Waals surface area contributed by atoms with Gasteiger partial charge in [-0.25, -0.2) is 8.42 Å². The summed E-state index contributed by atoms with van der Waals surface area (Å²) in [5.41, 5.74) is -0.281. The molecule has 0 fully saturated rings. The summed E-state index contributed by atoms with van der Waals surface area (Å²) < 4.78 is 26.1. The van der Waals surface area contributed by atoms with Gasteiger partial charge in [0.25, 0.3) is 10.0 Å². The van der Waals surface area contributed by atoms with Crippen LogP contribution >= 0.6 is 12.2 Å². The van der Waals surface area contributed by atoms with E-state index in [1.807, 2.05) is 20.8 Å². The molecular formula is C11H16N2O2S2. The summed E-state index contributed by atoms with van der Waals surface area (Å²) in [6, 6.07) is 8.11. The molecule has 1 aromatic rings. The summed E-state index contributed by atoms with van der Waals surface area (Å²) in [5, 5.41) is 2.98. The van der Waals surface area contributed by atoms with Gasteiger partial charge in [0.15, 0.2) is 5.11 Å². The smallest absolute Gasteiger partial charge is 0.263 e. The van der Waals surface area contributed by atoms with Crippen molar-refractivity contribution in [2.75, 3.05) is 0 Å². The van der Waals surface area contributed by atoms with Crippen molar-refractivity contribution in [2.45, 2.75) is 31.2 Å². The van der Waals surface area contributed by atoms with Crippen molar-refractivity contribution >= 4 is 27.4 Å². The van der Waals surface area contributed by atoms with Gasteiger partial charge in [-0.05, 0) is 45.1 Å². The fraction of sp³-hybridized carbons (Fsp3) is 0.364. The zero-order valence-electron chi connectivity index (χ0n) is 10.0. The standard InChI is InChI=1S/C11H16N2O2S2/c1-11(2,3)12-10(16)13-17(14,15)9-7-5-4-6-8-9/h4-8H,1-3H3,(H2,12,13,16). The van der Waals surface area contributed by atoms with Gasteiger partial charge in [0, 0.05) is 5.54 Å². The minimum atomic E-state index is -3.59. The molecule has 0 aliphatic heterocycles. The quantitative estimate of drug-likeness (QED) is 0.804. The van der Waals surface area contributed by atoms with Crippen LogP contribution in [-0.4, -0.2) is 19.1 Å². The minimum absolute atomic E-state index is 0.0985. The molecule has 1 aromatic carbocycles. The van der Waals surface area contributed by atoms with Crippen molar-refractivity contribution in [3.05, 3.63) is 30.3 Å². The largest absolute Gasteiger partial charge is 0.357 e. The van der Waals surface area contributed by atoms with Crippen molar-refractivity contribution in [1.82, 2.24) is 10.0 Å². The first-order chi connectivity index (χ1) is 7.71. The first-order valence-electron chi connectivity index (χ1n) is 5.11. The van der Waals surface area contributed by atoms with E-state index in [1.165, 1.54) is 12.1 Å². The molecule has 0 aromatic heterocycles. The summed E-state index contributed by atoms with van der Waals surface area (Å²) in [6.45, 7) is 5.70. The molecule has 0 unspecified atom stereocenters. The summed E-state index contributed by atoms with van der Waals surface area (Å²) >= 11 is 4.95. The first-order valence-corrected chi connectivity index (χ1v) is 7.00. The van der Waals surface area contributed by atoms with Crippen LogP contribution in [0.25, 0.3) is 0 Å². The van der Waals surface area contributed by atoms with E-state index < -0.39 is 10.0 Å². The molecule has 0 saturated carbocycles. The third-order valence-electron chi connectivity index (χ3n) is 1.77. The van der Waals surface area contributed by atoms with Crippen molar-refractivity contribution in [3.8, 4) is 0 Å². The summed E-state index contributed by atoms with van der Waals surface area (Å²) in [5.74, 6) is 0. The lowest BCUT2D eigenvalue weighted by Crippen LogP contribution is -2.47. The average molecular weight is 272 g/mol. The zero-order chi connectivity index (χ0) is 13.1. The SMILES string of the molecule is CC(C)(C)NC(=S)NS(=O)(=O)c1ccccc1. The molecule has 0 spiro atoms. The van der Waals surface area contributed by atoms with Crippen LogP contribution in [0.15, 0.2) is 35.2 Å². The van der Waals surface area contributed by atoms with Crippen LogP contribution in [0.2, 0.25) is 0 Å². The van der Waals surface area contributed by atoms with E-state index in [0.29, 0.717) is 0 Å². The summed E-state index contributed by atoms with van der Waals surface area (Å²) in [4.78, 5) is 0.193. The van der Waals surface area contributed by atoms with E-state index in [1.54, 1.807) is 18.2 Å². The van der Waals surface area contributed by atoms with Crippen LogP contribution < -0.4 is 10.0 Å². The Morgan fingerprint density at radius 3 is 2.18 bits per heavy atom. The minimum Gasteiger partial charge on any atom is -0.357 e. The third-order valence-corrected chi connectivity index (χ3v) is 3.47. The predicted octanol–water partition coefficient (Wildman–Crippen LogP) is 1.64. The van der Waals surface area contributed by atoms with E-state index in [4.69, 9.17) is 12.2 Å². The van der Waals surface area contributed by atoms with Gasteiger partial charge in [-0.15, -0.1) is 0 Å². The highest BCUT2D eigenvalue weighted by molar-refractivity contribution is 7.91. The van der Waals surface area contributed by atoms with Crippen LogP contribution in [0.3, 0.4) is 0 Å². The Morgan fingerprint density at radius 1 is 1.18 bits per heavy atom. The fourth-order valence-corrected chi connectivity index (χ4v) is 2.71. The second-order valence-electron chi connectivity index (χ2n) is 4.62. The van der Waals surface area contributed by atoms with Gasteiger partial charge in [-0.2, -0.15) is 0 Å². The van der Waals surface area contributed by atoms with E-state index in [9.17, 15) is 8.42 Å². The van der Waals surface area contributed by atoms with Crippen molar-refractivity contribution in [1.29, 1.82) is 0 Å².